The Bertz CT molecular complexity index is 1210. The minimum atomic E-state index is -2.94. The van der Waals surface area contributed by atoms with Crippen LogP contribution in [0.1, 0.15) is 52.2 Å². The van der Waals surface area contributed by atoms with Gasteiger partial charge in [0.25, 0.3) is 0 Å². The fourth-order valence-electron chi connectivity index (χ4n) is 4.28. The highest BCUT2D eigenvalue weighted by molar-refractivity contribution is 7.90. The first-order valence-corrected chi connectivity index (χ1v) is 15.3. The van der Waals surface area contributed by atoms with E-state index in [9.17, 15) is 23.4 Å². The number of likely N-dealkylation sites (N-methyl/N-ethyl adjacent to an activating group) is 1. The SMILES string of the molecule is CC(C)N(C)C[C@H]1OC(n2cnc3c(N)nc(NCCNC(=O)CCCCCCS(C)(=O)=O)nc32)[C@H](O)[C@@H]1O. The van der Waals surface area contributed by atoms with Gasteiger partial charge in [0.15, 0.2) is 17.7 Å². The molecule has 3 rings (SSSR count). The predicted molar refractivity (Wildman–Crippen MR) is 148 cm³/mol. The number of nitrogens with two attached hydrogens (primary N) is 1. The number of amides is 1. The van der Waals surface area contributed by atoms with E-state index in [0.29, 0.717) is 50.1 Å². The second-order valence-electron chi connectivity index (χ2n) is 10.4. The lowest BCUT2D eigenvalue weighted by Gasteiger charge is -2.25. The zero-order valence-corrected chi connectivity index (χ0v) is 23.9. The molecule has 1 saturated heterocycles. The summed E-state index contributed by atoms with van der Waals surface area (Å²) in [5.74, 6) is 0.463. The summed E-state index contributed by atoms with van der Waals surface area (Å²) in [6.45, 7) is 5.20. The number of sulfone groups is 1. The molecule has 0 spiro atoms. The molecule has 0 bridgehead atoms. The second kappa shape index (κ2) is 13.7. The number of fused-ring (bicyclic) bond motifs is 1. The highest BCUT2D eigenvalue weighted by Crippen LogP contribution is 2.33. The maximum Gasteiger partial charge on any atom is 0.226 e. The van der Waals surface area contributed by atoms with Gasteiger partial charge in [-0.05, 0) is 33.7 Å². The first kappa shape index (κ1) is 30.9. The van der Waals surface area contributed by atoms with Gasteiger partial charge < -0.3 is 36.2 Å². The van der Waals surface area contributed by atoms with E-state index < -0.39 is 34.4 Å². The molecular formula is C24H42N8O6S. The van der Waals surface area contributed by atoms with Crippen LogP contribution in [-0.4, -0.2) is 112 Å². The van der Waals surface area contributed by atoms with Gasteiger partial charge in [0.05, 0.1) is 6.33 Å². The highest BCUT2D eigenvalue weighted by atomic mass is 32.2. The molecule has 1 unspecified atom stereocenters. The van der Waals surface area contributed by atoms with E-state index in [4.69, 9.17) is 10.5 Å². The Kier molecular flexibility index (Phi) is 10.8. The number of carbonyl (C=O) groups is 1. The van der Waals surface area contributed by atoms with Crippen LogP contribution in [0.5, 0.6) is 0 Å². The van der Waals surface area contributed by atoms with Crippen LogP contribution in [0, 0.1) is 0 Å². The third-order valence-corrected chi connectivity index (χ3v) is 7.84. The third-order valence-electron chi connectivity index (χ3n) is 6.81. The van der Waals surface area contributed by atoms with Crippen LogP contribution in [0.3, 0.4) is 0 Å². The number of nitrogens with zero attached hydrogens (tertiary/aromatic N) is 5. The number of rotatable bonds is 15. The third kappa shape index (κ3) is 8.70. The largest absolute Gasteiger partial charge is 0.387 e. The number of anilines is 2. The fourth-order valence-corrected chi connectivity index (χ4v) is 5.00. The van der Waals surface area contributed by atoms with Gasteiger partial charge >= 0.3 is 0 Å². The van der Waals surface area contributed by atoms with E-state index in [-0.39, 0.29) is 29.5 Å². The summed E-state index contributed by atoms with van der Waals surface area (Å²) >= 11 is 0. The van der Waals surface area contributed by atoms with Crippen molar-refractivity contribution >= 4 is 38.7 Å². The van der Waals surface area contributed by atoms with Crippen LogP contribution in [0.2, 0.25) is 0 Å². The molecule has 1 amide bonds. The zero-order valence-electron chi connectivity index (χ0n) is 23.1. The average Bonchev–Trinajstić information content (AvgIpc) is 3.40. The number of ether oxygens (including phenoxy) is 1. The summed E-state index contributed by atoms with van der Waals surface area (Å²) in [5, 5.41) is 27.2. The van der Waals surface area contributed by atoms with Gasteiger partial charge in [-0.2, -0.15) is 9.97 Å². The van der Waals surface area contributed by atoms with Crippen LogP contribution in [-0.2, 0) is 19.4 Å². The number of hydrogen-bond donors (Lipinski definition) is 5. The van der Waals surface area contributed by atoms with Gasteiger partial charge in [-0.1, -0.05) is 12.8 Å². The molecular weight excluding hydrogens is 528 g/mol. The summed E-state index contributed by atoms with van der Waals surface area (Å²) in [5.41, 5.74) is 6.79. The van der Waals surface area contributed by atoms with E-state index in [1.165, 1.54) is 12.6 Å². The molecule has 1 aliphatic rings. The molecule has 3 heterocycles. The molecule has 2 aromatic heterocycles. The normalized spacial score (nSPS) is 21.7. The number of unbranched alkanes of at least 4 members (excludes halogenated alkanes) is 3. The van der Waals surface area contributed by atoms with Crippen LogP contribution in [0.4, 0.5) is 11.8 Å². The van der Waals surface area contributed by atoms with Crippen LogP contribution in [0.15, 0.2) is 6.33 Å². The Morgan fingerprint density at radius 1 is 1.18 bits per heavy atom. The van der Waals surface area contributed by atoms with Crippen molar-refractivity contribution in [3.8, 4) is 0 Å². The molecule has 15 heteroatoms. The van der Waals surface area contributed by atoms with E-state index >= 15 is 0 Å². The smallest absolute Gasteiger partial charge is 0.226 e. The van der Waals surface area contributed by atoms with E-state index in [2.05, 4.69) is 25.6 Å². The Balaban J connectivity index is 1.51. The van der Waals surface area contributed by atoms with Gasteiger partial charge in [-0.25, -0.2) is 13.4 Å². The number of aromatic nitrogens is 4. The number of hydrogen-bond acceptors (Lipinski definition) is 12. The quantitative estimate of drug-likeness (QED) is 0.178. The van der Waals surface area contributed by atoms with Crippen molar-refractivity contribution in [3.05, 3.63) is 6.33 Å². The maximum atomic E-state index is 12.1. The molecule has 0 aromatic carbocycles. The number of carbonyl (C=O) groups excluding carboxylic acids is 1. The number of nitrogens with one attached hydrogen (secondary N) is 2. The molecule has 0 saturated carbocycles. The van der Waals surface area contributed by atoms with E-state index in [1.54, 1.807) is 4.57 Å². The monoisotopic (exact) mass is 570 g/mol. The Morgan fingerprint density at radius 2 is 1.90 bits per heavy atom. The van der Waals surface area contributed by atoms with Crippen LogP contribution >= 0.6 is 0 Å². The topological polar surface area (TPSA) is 198 Å². The number of imidazole rings is 1. The molecule has 1 aliphatic heterocycles. The van der Waals surface area contributed by atoms with Crippen molar-refractivity contribution < 1.29 is 28.2 Å². The first-order chi connectivity index (χ1) is 18.4. The van der Waals surface area contributed by atoms with Crippen molar-refractivity contribution in [1.82, 2.24) is 29.7 Å². The maximum absolute atomic E-state index is 12.1. The minimum Gasteiger partial charge on any atom is -0.387 e. The molecule has 1 fully saturated rings. The fraction of sp³-hybridized carbons (Fsp3) is 0.750. The Labute approximate surface area is 229 Å². The van der Waals surface area contributed by atoms with E-state index in [0.717, 1.165) is 12.8 Å². The summed E-state index contributed by atoms with van der Waals surface area (Å²) < 4.78 is 29.8. The highest BCUT2D eigenvalue weighted by Gasteiger charge is 2.44. The lowest BCUT2D eigenvalue weighted by Crippen LogP contribution is -2.40. The van der Waals surface area contributed by atoms with Gasteiger partial charge in [0.2, 0.25) is 11.9 Å². The molecule has 0 aliphatic carbocycles. The Morgan fingerprint density at radius 3 is 2.59 bits per heavy atom. The van der Waals surface area contributed by atoms with Crippen molar-refractivity contribution in [2.24, 2.45) is 0 Å². The zero-order chi connectivity index (χ0) is 28.7. The van der Waals surface area contributed by atoms with Crippen LogP contribution < -0.4 is 16.4 Å². The minimum absolute atomic E-state index is 0.0857. The predicted octanol–water partition coefficient (Wildman–Crippen LogP) is -0.109. The molecule has 0 radical (unpaired) electrons. The van der Waals surface area contributed by atoms with E-state index in [1.807, 2.05) is 25.8 Å². The van der Waals surface area contributed by atoms with Crippen molar-refractivity contribution in [3.63, 3.8) is 0 Å². The van der Waals surface area contributed by atoms with Crippen LogP contribution in [0.25, 0.3) is 11.2 Å². The summed E-state index contributed by atoms with van der Waals surface area (Å²) in [4.78, 5) is 27.1. The molecule has 220 valence electrons. The number of nitrogen functional groups attached to an aromatic ring is 1. The average molecular weight is 571 g/mol. The Hall–Kier alpha value is -2.59. The first-order valence-electron chi connectivity index (χ1n) is 13.3. The van der Waals surface area contributed by atoms with Crippen molar-refractivity contribution in [2.45, 2.75) is 76.5 Å². The number of aliphatic hydroxyl groups is 2. The summed E-state index contributed by atoms with van der Waals surface area (Å²) in [7, 11) is -1.01. The van der Waals surface area contributed by atoms with Crippen molar-refractivity contribution in [2.75, 3.05) is 49.7 Å². The lowest BCUT2D eigenvalue weighted by atomic mass is 10.1. The van der Waals surface area contributed by atoms with Crippen molar-refractivity contribution in [1.29, 1.82) is 0 Å². The summed E-state index contributed by atoms with van der Waals surface area (Å²) in [6, 6.07) is 0.246. The molecule has 6 N–H and O–H groups in total. The molecule has 14 nitrogen and oxygen atoms in total. The van der Waals surface area contributed by atoms with Gasteiger partial charge in [-0.15, -0.1) is 0 Å². The molecule has 4 atom stereocenters. The van der Waals surface area contributed by atoms with Gasteiger partial charge in [-0.3, -0.25) is 9.36 Å². The lowest BCUT2D eigenvalue weighted by molar-refractivity contribution is -0.121. The molecule has 2 aromatic rings. The second-order valence-corrected chi connectivity index (χ2v) is 12.7. The van der Waals surface area contributed by atoms with Gasteiger partial charge in [0, 0.05) is 44.1 Å². The summed E-state index contributed by atoms with van der Waals surface area (Å²) in [6.07, 6.45) is 2.17. The number of aliphatic hydroxyl groups excluding tert-OH is 2. The standard InChI is InChI=1S/C24H42N8O6S/c1-15(2)31(3)13-16-19(34)20(35)23(38-16)32-14-28-18-21(25)29-24(30-22(18)32)27-11-10-26-17(33)9-7-5-6-8-12-39(4,36)37/h14-16,19-20,23,34-35H,5-13H2,1-4H3,(H,26,33)(H3,25,27,29,30)/t16-,19-,20-,23?/m1/s1. The van der Waals surface area contributed by atoms with Gasteiger partial charge in [0.1, 0.15) is 33.7 Å². The molecule has 39 heavy (non-hydrogen) atoms.